The zero-order valence-corrected chi connectivity index (χ0v) is 18.7. The molecule has 3 rings (SSSR count). The molecule has 2 unspecified atom stereocenters. The Labute approximate surface area is 177 Å². The van der Waals surface area contributed by atoms with Gasteiger partial charge in [-0.25, -0.2) is 0 Å². The molecule has 0 aliphatic carbocycles. The van der Waals surface area contributed by atoms with Gasteiger partial charge in [0.15, 0.2) is 0 Å². The average molecular weight is 451 g/mol. The summed E-state index contributed by atoms with van der Waals surface area (Å²) < 4.78 is 1.11. The fourth-order valence-corrected chi connectivity index (χ4v) is 4.42. The Balaban J connectivity index is 0.00000261. The number of nitrogens with zero attached hydrogens (tertiary/aromatic N) is 1. The number of fused-ring (bicyclic) bond motifs is 3. The van der Waals surface area contributed by atoms with Gasteiger partial charge >= 0.3 is 0 Å². The monoisotopic (exact) mass is 449 g/mol. The summed E-state index contributed by atoms with van der Waals surface area (Å²) in [5, 5.41) is 15.9. The molecule has 0 heterocycles. The lowest BCUT2D eigenvalue weighted by molar-refractivity contribution is 0.0577. The van der Waals surface area contributed by atoms with E-state index in [4.69, 9.17) is 0 Å². The summed E-state index contributed by atoms with van der Waals surface area (Å²) in [6.07, 6.45) is 1.72. The minimum absolute atomic E-state index is 0. The van der Waals surface area contributed by atoms with E-state index in [-0.39, 0.29) is 18.4 Å². The van der Waals surface area contributed by atoms with Gasteiger partial charge in [0.05, 0.1) is 6.10 Å². The Hall–Kier alpha value is -1.13. The Morgan fingerprint density at radius 2 is 1.56 bits per heavy atom. The van der Waals surface area contributed by atoms with E-state index >= 15 is 0 Å². The van der Waals surface area contributed by atoms with Crippen molar-refractivity contribution in [2.24, 2.45) is 0 Å². The average Bonchev–Trinajstić information content (AvgIpc) is 2.67. The lowest BCUT2D eigenvalue weighted by Gasteiger charge is -2.32. The second-order valence-corrected chi connectivity index (χ2v) is 7.96. The minimum Gasteiger partial charge on any atom is -0.387 e. The Kier molecular flexibility index (Phi) is 8.11. The van der Waals surface area contributed by atoms with Crippen molar-refractivity contribution in [1.29, 1.82) is 0 Å². The largest absolute Gasteiger partial charge is 0.387 e. The molecule has 0 fully saturated rings. The van der Waals surface area contributed by atoms with E-state index in [0.29, 0.717) is 0 Å². The summed E-state index contributed by atoms with van der Waals surface area (Å²) in [5.74, 6) is 0. The SMILES string of the molecule is CCCN(CCC)C(C)C(O)c1ccc2cc(Br)c3ccccc3c2c1.Cl. The third-order valence-electron chi connectivity index (χ3n) is 5.23. The quantitative estimate of drug-likeness (QED) is 0.404. The fourth-order valence-electron chi connectivity index (χ4n) is 3.83. The van der Waals surface area contributed by atoms with Crippen molar-refractivity contribution in [1.82, 2.24) is 4.90 Å². The van der Waals surface area contributed by atoms with E-state index in [9.17, 15) is 5.11 Å². The third-order valence-corrected chi connectivity index (χ3v) is 5.89. The van der Waals surface area contributed by atoms with E-state index < -0.39 is 6.10 Å². The van der Waals surface area contributed by atoms with Gasteiger partial charge in [-0.2, -0.15) is 0 Å². The van der Waals surface area contributed by atoms with Crippen LogP contribution in [0, 0.1) is 0 Å². The number of benzene rings is 3. The van der Waals surface area contributed by atoms with Crippen molar-refractivity contribution in [3.63, 3.8) is 0 Å². The second-order valence-electron chi connectivity index (χ2n) is 7.11. The number of rotatable bonds is 7. The van der Waals surface area contributed by atoms with Crippen molar-refractivity contribution >= 4 is 49.9 Å². The molecule has 0 aliphatic rings. The summed E-state index contributed by atoms with van der Waals surface area (Å²) >= 11 is 3.69. The lowest BCUT2D eigenvalue weighted by atomic mass is 9.95. The molecule has 0 saturated heterocycles. The Morgan fingerprint density at radius 3 is 2.19 bits per heavy atom. The molecule has 2 nitrogen and oxygen atoms in total. The van der Waals surface area contributed by atoms with Gasteiger partial charge in [0.1, 0.15) is 0 Å². The Morgan fingerprint density at radius 1 is 0.926 bits per heavy atom. The van der Waals surface area contributed by atoms with E-state index in [1.165, 1.54) is 21.5 Å². The number of hydrogen-bond donors (Lipinski definition) is 1. The molecule has 3 aromatic rings. The van der Waals surface area contributed by atoms with Gasteiger partial charge < -0.3 is 5.11 Å². The number of aliphatic hydroxyl groups excluding tert-OH is 1. The fraction of sp³-hybridized carbons (Fsp3) is 0.391. The summed E-state index contributed by atoms with van der Waals surface area (Å²) in [6, 6.07) is 17.1. The van der Waals surface area contributed by atoms with Gasteiger partial charge in [-0.05, 0) is 72.1 Å². The first kappa shape index (κ1) is 22.2. The second kappa shape index (κ2) is 9.88. The van der Waals surface area contributed by atoms with Gasteiger partial charge in [-0.1, -0.05) is 66.2 Å². The highest BCUT2D eigenvalue weighted by atomic mass is 79.9. The minimum atomic E-state index is -0.486. The number of hydrogen-bond acceptors (Lipinski definition) is 2. The van der Waals surface area contributed by atoms with Crippen molar-refractivity contribution in [2.45, 2.75) is 45.8 Å². The molecule has 0 amide bonds. The molecule has 27 heavy (non-hydrogen) atoms. The van der Waals surface area contributed by atoms with E-state index in [2.05, 4.69) is 90.1 Å². The number of halogens is 2. The van der Waals surface area contributed by atoms with Crippen molar-refractivity contribution < 1.29 is 5.11 Å². The van der Waals surface area contributed by atoms with Crippen LogP contribution in [0.1, 0.15) is 45.3 Å². The highest BCUT2D eigenvalue weighted by Gasteiger charge is 2.22. The normalized spacial score (nSPS) is 13.7. The van der Waals surface area contributed by atoms with Crippen LogP contribution in [0.5, 0.6) is 0 Å². The smallest absolute Gasteiger partial charge is 0.0942 e. The predicted octanol–water partition coefficient (Wildman–Crippen LogP) is 6.72. The van der Waals surface area contributed by atoms with Crippen LogP contribution in [0.3, 0.4) is 0 Å². The standard InChI is InChI=1S/C23H28BrNO.ClH/c1-4-12-25(13-5-2)16(3)23(26)18-11-10-17-15-22(24)20-9-7-6-8-19(20)21(17)14-18;/h6-11,14-16,23,26H,4-5,12-13H2,1-3H3;1H. The molecular formula is C23H29BrClNO. The van der Waals surface area contributed by atoms with E-state index in [1.807, 2.05) is 0 Å². The van der Waals surface area contributed by atoms with Gasteiger partial charge in [-0.15, -0.1) is 12.4 Å². The van der Waals surface area contributed by atoms with Crippen molar-refractivity contribution in [2.75, 3.05) is 13.1 Å². The Bertz CT molecular complexity index is 892. The molecule has 3 aromatic carbocycles. The highest BCUT2D eigenvalue weighted by Crippen LogP contribution is 2.34. The molecule has 0 aliphatic heterocycles. The molecular weight excluding hydrogens is 422 g/mol. The van der Waals surface area contributed by atoms with Crippen LogP contribution in [-0.4, -0.2) is 29.1 Å². The van der Waals surface area contributed by atoms with Gasteiger partial charge in [0.25, 0.3) is 0 Å². The molecule has 0 bridgehead atoms. The molecule has 0 spiro atoms. The molecule has 4 heteroatoms. The summed E-state index contributed by atoms with van der Waals surface area (Å²) in [4.78, 5) is 2.40. The van der Waals surface area contributed by atoms with Crippen LogP contribution in [0.15, 0.2) is 53.0 Å². The zero-order valence-electron chi connectivity index (χ0n) is 16.3. The van der Waals surface area contributed by atoms with Crippen LogP contribution < -0.4 is 0 Å². The van der Waals surface area contributed by atoms with E-state index in [0.717, 1.165) is 36.0 Å². The van der Waals surface area contributed by atoms with Crippen LogP contribution in [0.4, 0.5) is 0 Å². The summed E-state index contributed by atoms with van der Waals surface area (Å²) in [7, 11) is 0. The van der Waals surface area contributed by atoms with Crippen molar-refractivity contribution in [3.8, 4) is 0 Å². The molecule has 1 N–H and O–H groups in total. The summed E-state index contributed by atoms with van der Waals surface area (Å²) in [5.41, 5.74) is 0.995. The first-order chi connectivity index (χ1) is 12.6. The zero-order chi connectivity index (χ0) is 18.7. The van der Waals surface area contributed by atoms with Crippen LogP contribution >= 0.6 is 28.3 Å². The number of aliphatic hydroxyl groups is 1. The lowest BCUT2D eigenvalue weighted by Crippen LogP contribution is -2.38. The molecule has 0 radical (unpaired) electrons. The van der Waals surface area contributed by atoms with Crippen LogP contribution in [0.25, 0.3) is 21.5 Å². The first-order valence-electron chi connectivity index (χ1n) is 9.59. The van der Waals surface area contributed by atoms with Crippen LogP contribution in [-0.2, 0) is 0 Å². The maximum absolute atomic E-state index is 11.0. The maximum Gasteiger partial charge on any atom is 0.0942 e. The molecule has 2 atom stereocenters. The predicted molar refractivity (Wildman–Crippen MR) is 123 cm³/mol. The maximum atomic E-state index is 11.0. The highest BCUT2D eigenvalue weighted by molar-refractivity contribution is 9.10. The van der Waals surface area contributed by atoms with Gasteiger partial charge in [0, 0.05) is 10.5 Å². The molecule has 0 saturated carbocycles. The van der Waals surface area contributed by atoms with Gasteiger partial charge in [0.2, 0.25) is 0 Å². The van der Waals surface area contributed by atoms with E-state index in [1.54, 1.807) is 0 Å². The van der Waals surface area contributed by atoms with Crippen molar-refractivity contribution in [3.05, 3.63) is 58.6 Å². The molecule has 146 valence electrons. The third kappa shape index (κ3) is 4.65. The summed E-state index contributed by atoms with van der Waals surface area (Å²) in [6.45, 7) is 8.58. The molecule has 0 aromatic heterocycles. The topological polar surface area (TPSA) is 23.5 Å². The van der Waals surface area contributed by atoms with Gasteiger partial charge in [-0.3, -0.25) is 4.90 Å². The first-order valence-corrected chi connectivity index (χ1v) is 10.4. The van der Waals surface area contributed by atoms with Crippen LogP contribution in [0.2, 0.25) is 0 Å².